The Bertz CT molecular complexity index is 416. The number of rotatable bonds is 5. The molecule has 0 spiro atoms. The first-order valence-corrected chi connectivity index (χ1v) is 7.54. The van der Waals surface area contributed by atoms with E-state index in [4.69, 9.17) is 9.47 Å². The lowest BCUT2D eigenvalue weighted by atomic mass is 10.1. The number of esters is 1. The summed E-state index contributed by atoms with van der Waals surface area (Å²) in [4.78, 5) is 17.9. The molecule has 19 heavy (non-hydrogen) atoms. The van der Waals surface area contributed by atoms with Gasteiger partial charge < -0.3 is 14.4 Å². The monoisotopic (exact) mass is 284 g/mol. The van der Waals surface area contributed by atoms with Crippen molar-refractivity contribution in [1.82, 2.24) is 4.98 Å². The Morgan fingerprint density at radius 2 is 2.47 bits per heavy atom. The third kappa shape index (κ3) is 3.91. The number of carbonyl (C=O) groups excluding carboxylic acids is 1. The van der Waals surface area contributed by atoms with Crippen molar-refractivity contribution in [2.45, 2.75) is 32.3 Å². The molecule has 1 aromatic heterocycles. The maximum absolute atomic E-state index is 11.5. The lowest BCUT2D eigenvalue weighted by Gasteiger charge is -2.27. The zero-order chi connectivity index (χ0) is 13.7. The van der Waals surface area contributed by atoms with E-state index in [-0.39, 0.29) is 12.1 Å². The highest BCUT2D eigenvalue weighted by Gasteiger charge is 2.19. The quantitative estimate of drug-likeness (QED) is 0.777. The lowest BCUT2D eigenvalue weighted by Crippen LogP contribution is -2.33. The third-order valence-corrected chi connectivity index (χ3v) is 4.01. The first-order valence-electron chi connectivity index (χ1n) is 6.66. The number of thiazole rings is 1. The van der Waals surface area contributed by atoms with Crippen LogP contribution in [0.4, 0.5) is 5.13 Å². The van der Waals surface area contributed by atoms with Crippen LogP contribution in [0, 0.1) is 0 Å². The van der Waals surface area contributed by atoms with Crippen LogP contribution in [-0.4, -0.2) is 43.9 Å². The van der Waals surface area contributed by atoms with E-state index in [2.05, 4.69) is 4.98 Å². The second-order valence-electron chi connectivity index (χ2n) is 4.60. The molecule has 1 aliphatic heterocycles. The van der Waals surface area contributed by atoms with Crippen molar-refractivity contribution in [3.05, 3.63) is 11.1 Å². The van der Waals surface area contributed by atoms with E-state index >= 15 is 0 Å². The fourth-order valence-electron chi connectivity index (χ4n) is 2.07. The molecule has 0 radical (unpaired) electrons. The van der Waals surface area contributed by atoms with Crippen molar-refractivity contribution in [2.75, 3.05) is 31.7 Å². The molecule has 0 N–H and O–H groups in total. The number of anilines is 1. The normalized spacial score (nSPS) is 19.2. The van der Waals surface area contributed by atoms with E-state index in [1.54, 1.807) is 12.3 Å². The van der Waals surface area contributed by atoms with E-state index in [1.165, 1.54) is 17.8 Å². The van der Waals surface area contributed by atoms with Gasteiger partial charge in [-0.15, -0.1) is 11.3 Å². The molecule has 6 heteroatoms. The van der Waals surface area contributed by atoms with E-state index in [1.807, 2.05) is 11.9 Å². The molecular formula is C13H20N2O3S. The zero-order valence-corrected chi connectivity index (χ0v) is 12.2. The fraction of sp³-hybridized carbons (Fsp3) is 0.692. The molecule has 0 amide bonds. The molecule has 1 saturated heterocycles. The number of hydrogen-bond donors (Lipinski definition) is 0. The van der Waals surface area contributed by atoms with Crippen molar-refractivity contribution in [1.29, 1.82) is 0 Å². The number of ether oxygens (including phenoxy) is 2. The largest absolute Gasteiger partial charge is 0.461 e. The maximum Gasteiger partial charge on any atom is 0.357 e. The summed E-state index contributed by atoms with van der Waals surface area (Å²) in [6.45, 7) is 3.83. The van der Waals surface area contributed by atoms with Gasteiger partial charge >= 0.3 is 5.97 Å². The Balaban J connectivity index is 1.91. The summed E-state index contributed by atoms with van der Waals surface area (Å²) in [5.74, 6) is -0.354. The van der Waals surface area contributed by atoms with Gasteiger partial charge in [-0.1, -0.05) is 0 Å². The summed E-state index contributed by atoms with van der Waals surface area (Å²) < 4.78 is 10.6. The van der Waals surface area contributed by atoms with Crippen LogP contribution in [0.1, 0.15) is 36.7 Å². The fourth-order valence-corrected chi connectivity index (χ4v) is 2.84. The van der Waals surface area contributed by atoms with Crippen molar-refractivity contribution in [3.63, 3.8) is 0 Å². The molecule has 1 aliphatic rings. The molecule has 0 aliphatic carbocycles. The second kappa shape index (κ2) is 6.86. The van der Waals surface area contributed by atoms with Gasteiger partial charge in [-0.2, -0.15) is 0 Å². The number of likely N-dealkylation sites (N-methyl/N-ethyl adjacent to an activating group) is 1. The molecule has 106 valence electrons. The summed E-state index contributed by atoms with van der Waals surface area (Å²) in [5, 5.41) is 2.57. The Labute approximate surface area is 117 Å². The highest BCUT2D eigenvalue weighted by Crippen LogP contribution is 2.22. The molecular weight excluding hydrogens is 264 g/mol. The SMILES string of the molecule is CCOC(=O)c1csc(N(C)CC2CCCCO2)n1. The number of hydrogen-bond acceptors (Lipinski definition) is 6. The number of carbonyl (C=O) groups is 1. The molecule has 1 fully saturated rings. The minimum absolute atomic E-state index is 0.272. The van der Waals surface area contributed by atoms with Gasteiger partial charge in [0.2, 0.25) is 0 Å². The predicted molar refractivity (Wildman–Crippen MR) is 74.9 cm³/mol. The standard InChI is InChI=1S/C13H20N2O3S/c1-3-17-12(16)11-9-19-13(14-11)15(2)8-10-6-4-5-7-18-10/h9-10H,3-8H2,1-2H3. The molecule has 1 aromatic rings. The van der Waals surface area contributed by atoms with Gasteiger partial charge in [0.05, 0.1) is 12.7 Å². The number of nitrogens with zero attached hydrogens (tertiary/aromatic N) is 2. The van der Waals surface area contributed by atoms with E-state index < -0.39 is 0 Å². The van der Waals surface area contributed by atoms with Crippen LogP contribution in [0.5, 0.6) is 0 Å². The van der Waals surface area contributed by atoms with Gasteiger partial charge in [0.25, 0.3) is 0 Å². The first-order chi connectivity index (χ1) is 9.20. The maximum atomic E-state index is 11.5. The summed E-state index contributed by atoms with van der Waals surface area (Å²) in [6, 6.07) is 0. The molecule has 0 saturated carbocycles. The average molecular weight is 284 g/mol. The van der Waals surface area contributed by atoms with Crippen molar-refractivity contribution in [3.8, 4) is 0 Å². The summed E-state index contributed by atoms with van der Waals surface area (Å²) in [7, 11) is 1.98. The van der Waals surface area contributed by atoms with Gasteiger partial charge in [0.1, 0.15) is 0 Å². The molecule has 0 bridgehead atoms. The number of aromatic nitrogens is 1. The molecule has 2 heterocycles. The van der Waals surface area contributed by atoms with Gasteiger partial charge in [-0.25, -0.2) is 9.78 Å². The predicted octanol–water partition coefficient (Wildman–Crippen LogP) is 2.33. The average Bonchev–Trinajstić information content (AvgIpc) is 2.90. The Morgan fingerprint density at radius 3 is 3.16 bits per heavy atom. The molecule has 5 nitrogen and oxygen atoms in total. The van der Waals surface area contributed by atoms with Crippen LogP contribution >= 0.6 is 11.3 Å². The van der Waals surface area contributed by atoms with Crippen LogP contribution in [0.25, 0.3) is 0 Å². The first kappa shape index (κ1) is 14.3. The zero-order valence-electron chi connectivity index (χ0n) is 11.4. The molecule has 0 aromatic carbocycles. The van der Waals surface area contributed by atoms with Gasteiger partial charge in [0.15, 0.2) is 10.8 Å². The van der Waals surface area contributed by atoms with E-state index in [9.17, 15) is 4.79 Å². The highest BCUT2D eigenvalue weighted by atomic mass is 32.1. The lowest BCUT2D eigenvalue weighted by molar-refractivity contribution is 0.0216. The van der Waals surface area contributed by atoms with Crippen molar-refractivity contribution >= 4 is 22.4 Å². The van der Waals surface area contributed by atoms with Crippen LogP contribution in [0.15, 0.2) is 5.38 Å². The highest BCUT2D eigenvalue weighted by molar-refractivity contribution is 7.13. The Kier molecular flexibility index (Phi) is 5.15. The van der Waals surface area contributed by atoms with Gasteiger partial charge in [-0.3, -0.25) is 0 Å². The minimum Gasteiger partial charge on any atom is -0.461 e. The van der Waals surface area contributed by atoms with Gasteiger partial charge in [0, 0.05) is 25.6 Å². The third-order valence-electron chi connectivity index (χ3n) is 3.05. The van der Waals surface area contributed by atoms with E-state index in [0.29, 0.717) is 12.3 Å². The van der Waals surface area contributed by atoms with Crippen LogP contribution < -0.4 is 4.90 Å². The van der Waals surface area contributed by atoms with Crippen molar-refractivity contribution in [2.24, 2.45) is 0 Å². The molecule has 1 unspecified atom stereocenters. The molecule has 1 atom stereocenters. The summed E-state index contributed by atoms with van der Waals surface area (Å²) in [6.07, 6.45) is 3.75. The minimum atomic E-state index is -0.354. The van der Waals surface area contributed by atoms with E-state index in [0.717, 1.165) is 31.1 Å². The summed E-state index contributed by atoms with van der Waals surface area (Å²) in [5.41, 5.74) is 0.387. The Morgan fingerprint density at radius 1 is 1.63 bits per heavy atom. The second-order valence-corrected chi connectivity index (χ2v) is 5.44. The van der Waals surface area contributed by atoms with Gasteiger partial charge in [-0.05, 0) is 26.2 Å². The van der Waals surface area contributed by atoms with Crippen LogP contribution in [0.2, 0.25) is 0 Å². The topological polar surface area (TPSA) is 51.7 Å². The van der Waals surface area contributed by atoms with Crippen LogP contribution in [0.3, 0.4) is 0 Å². The Hall–Kier alpha value is -1.14. The van der Waals surface area contributed by atoms with Crippen LogP contribution in [-0.2, 0) is 9.47 Å². The summed E-state index contributed by atoms with van der Waals surface area (Å²) >= 11 is 1.46. The molecule has 2 rings (SSSR count). The smallest absolute Gasteiger partial charge is 0.357 e. The van der Waals surface area contributed by atoms with Crippen molar-refractivity contribution < 1.29 is 14.3 Å².